The van der Waals surface area contributed by atoms with Gasteiger partial charge in [-0.15, -0.1) is 0 Å². The maximum absolute atomic E-state index is 14.2. The van der Waals surface area contributed by atoms with E-state index in [1.54, 1.807) is 6.07 Å². The predicted molar refractivity (Wildman–Crippen MR) is 75.7 cm³/mol. The summed E-state index contributed by atoms with van der Waals surface area (Å²) in [5, 5.41) is 3.46. The molecule has 0 radical (unpaired) electrons. The van der Waals surface area contributed by atoms with Gasteiger partial charge in [0.05, 0.1) is 0 Å². The van der Waals surface area contributed by atoms with Crippen molar-refractivity contribution in [3.8, 4) is 0 Å². The van der Waals surface area contributed by atoms with Gasteiger partial charge in [-0.1, -0.05) is 42.5 Å². The summed E-state index contributed by atoms with van der Waals surface area (Å²) < 4.78 is 14.2. The van der Waals surface area contributed by atoms with Gasteiger partial charge in [-0.05, 0) is 31.0 Å². The molecule has 1 aliphatic rings. The van der Waals surface area contributed by atoms with Crippen molar-refractivity contribution >= 4 is 0 Å². The van der Waals surface area contributed by atoms with Crippen LogP contribution in [0.4, 0.5) is 4.39 Å². The summed E-state index contributed by atoms with van der Waals surface area (Å²) in [6.07, 6.45) is 0. The Bertz CT molecular complexity index is 589. The third-order valence-electron chi connectivity index (χ3n) is 4.00. The Kier molecular flexibility index (Phi) is 2.90. The maximum atomic E-state index is 14.2. The molecule has 0 aliphatic carbocycles. The van der Waals surface area contributed by atoms with Crippen molar-refractivity contribution in [2.75, 3.05) is 6.54 Å². The van der Waals surface area contributed by atoms with E-state index in [1.807, 2.05) is 38.1 Å². The van der Waals surface area contributed by atoms with E-state index < -0.39 is 0 Å². The molecule has 2 aromatic rings. The maximum Gasteiger partial charge on any atom is 0.128 e. The number of rotatable bonds is 1. The Hall–Kier alpha value is -1.67. The second-order valence-corrected chi connectivity index (χ2v) is 5.67. The first kappa shape index (κ1) is 12.4. The molecular formula is C17H18FN. The van der Waals surface area contributed by atoms with Crippen molar-refractivity contribution in [3.05, 3.63) is 71.0 Å². The average Bonchev–Trinajstić information content (AvgIpc) is 2.39. The third kappa shape index (κ3) is 2.06. The van der Waals surface area contributed by atoms with Crippen LogP contribution in [0, 0.1) is 5.82 Å². The van der Waals surface area contributed by atoms with Gasteiger partial charge in [0, 0.05) is 23.6 Å². The Morgan fingerprint density at radius 3 is 2.53 bits per heavy atom. The Morgan fingerprint density at radius 2 is 1.79 bits per heavy atom. The minimum atomic E-state index is -0.314. The van der Waals surface area contributed by atoms with Crippen LogP contribution in [0.5, 0.6) is 0 Å². The summed E-state index contributed by atoms with van der Waals surface area (Å²) in [5.74, 6) is 0.107. The van der Waals surface area contributed by atoms with E-state index in [4.69, 9.17) is 0 Å². The highest BCUT2D eigenvalue weighted by atomic mass is 19.1. The largest absolute Gasteiger partial charge is 0.307 e. The molecule has 1 atom stereocenters. The Morgan fingerprint density at radius 1 is 1.05 bits per heavy atom. The van der Waals surface area contributed by atoms with Crippen molar-refractivity contribution < 1.29 is 4.39 Å². The molecule has 0 bridgehead atoms. The van der Waals surface area contributed by atoms with E-state index in [-0.39, 0.29) is 17.3 Å². The van der Waals surface area contributed by atoms with Gasteiger partial charge in [0.2, 0.25) is 0 Å². The molecule has 0 amide bonds. The van der Waals surface area contributed by atoms with Crippen LogP contribution in [0.25, 0.3) is 0 Å². The minimum Gasteiger partial charge on any atom is -0.307 e. The SMILES string of the molecule is CC1(C)NCC(c2ccccc2)c2cccc(F)c21. The molecule has 0 saturated carbocycles. The summed E-state index contributed by atoms with van der Waals surface area (Å²) in [7, 11) is 0. The number of halogens is 1. The van der Waals surface area contributed by atoms with Crippen LogP contribution in [-0.4, -0.2) is 6.54 Å². The first-order valence-electron chi connectivity index (χ1n) is 6.68. The molecule has 0 spiro atoms. The summed E-state index contributed by atoms with van der Waals surface area (Å²) in [6, 6.07) is 15.7. The second-order valence-electron chi connectivity index (χ2n) is 5.67. The van der Waals surface area contributed by atoms with Gasteiger partial charge in [-0.25, -0.2) is 4.39 Å². The van der Waals surface area contributed by atoms with E-state index in [1.165, 1.54) is 5.56 Å². The standard InChI is InChI=1S/C17H18FN/c1-17(2)16-13(9-6-10-15(16)18)14(11-19-17)12-7-4-3-5-8-12/h3-10,14,19H,11H2,1-2H3. The van der Waals surface area contributed by atoms with Crippen molar-refractivity contribution in [1.29, 1.82) is 0 Å². The molecule has 1 heterocycles. The molecular weight excluding hydrogens is 237 g/mol. The van der Waals surface area contributed by atoms with Crippen LogP contribution in [0.2, 0.25) is 0 Å². The van der Waals surface area contributed by atoms with Gasteiger partial charge in [0.25, 0.3) is 0 Å². The van der Waals surface area contributed by atoms with Crippen molar-refractivity contribution in [1.82, 2.24) is 5.32 Å². The fourth-order valence-corrected chi connectivity index (χ4v) is 3.03. The van der Waals surface area contributed by atoms with Gasteiger partial charge >= 0.3 is 0 Å². The van der Waals surface area contributed by atoms with E-state index in [0.29, 0.717) is 0 Å². The van der Waals surface area contributed by atoms with Crippen LogP contribution in [0.1, 0.15) is 36.5 Å². The normalized spacial score (nSPS) is 20.9. The zero-order valence-electron chi connectivity index (χ0n) is 11.3. The fourth-order valence-electron chi connectivity index (χ4n) is 3.03. The summed E-state index contributed by atoms with van der Waals surface area (Å²) in [5.41, 5.74) is 2.83. The van der Waals surface area contributed by atoms with Crippen LogP contribution in [0.15, 0.2) is 48.5 Å². The second kappa shape index (κ2) is 4.46. The monoisotopic (exact) mass is 255 g/mol. The van der Waals surface area contributed by atoms with Crippen molar-refractivity contribution in [2.24, 2.45) is 0 Å². The lowest BCUT2D eigenvalue weighted by atomic mass is 9.77. The van der Waals surface area contributed by atoms with Gasteiger partial charge < -0.3 is 5.32 Å². The van der Waals surface area contributed by atoms with Gasteiger partial charge in [0.15, 0.2) is 0 Å². The first-order chi connectivity index (χ1) is 9.09. The Labute approximate surface area is 113 Å². The van der Waals surface area contributed by atoms with Gasteiger partial charge in [-0.2, -0.15) is 0 Å². The van der Waals surface area contributed by atoms with Crippen LogP contribution >= 0.6 is 0 Å². The summed E-state index contributed by atoms with van der Waals surface area (Å²) in [4.78, 5) is 0. The zero-order valence-corrected chi connectivity index (χ0v) is 11.3. The molecule has 1 nitrogen and oxygen atoms in total. The molecule has 0 fully saturated rings. The molecule has 2 aromatic carbocycles. The molecule has 3 rings (SSSR count). The van der Waals surface area contributed by atoms with Gasteiger partial charge in [0.1, 0.15) is 5.82 Å². The minimum absolute atomic E-state index is 0.115. The molecule has 0 aromatic heterocycles. The predicted octanol–water partition coefficient (Wildman–Crippen LogP) is 3.80. The molecule has 2 heteroatoms. The van der Waals surface area contributed by atoms with Crippen molar-refractivity contribution in [2.45, 2.75) is 25.3 Å². The lowest BCUT2D eigenvalue weighted by Gasteiger charge is -2.38. The first-order valence-corrected chi connectivity index (χ1v) is 6.68. The fraction of sp³-hybridized carbons (Fsp3) is 0.294. The highest BCUT2D eigenvalue weighted by Gasteiger charge is 2.34. The third-order valence-corrected chi connectivity index (χ3v) is 4.00. The highest BCUT2D eigenvalue weighted by Crippen LogP contribution is 2.38. The van der Waals surface area contributed by atoms with Crippen LogP contribution < -0.4 is 5.32 Å². The lowest BCUT2D eigenvalue weighted by Crippen LogP contribution is -2.45. The number of benzene rings is 2. The number of hydrogen-bond acceptors (Lipinski definition) is 1. The number of hydrogen-bond donors (Lipinski definition) is 1. The molecule has 1 unspecified atom stereocenters. The van der Waals surface area contributed by atoms with E-state index in [2.05, 4.69) is 23.5 Å². The van der Waals surface area contributed by atoms with E-state index in [0.717, 1.165) is 17.7 Å². The quantitative estimate of drug-likeness (QED) is 0.817. The number of fused-ring (bicyclic) bond motifs is 1. The molecule has 1 aliphatic heterocycles. The number of nitrogens with one attached hydrogen (secondary N) is 1. The van der Waals surface area contributed by atoms with Crippen LogP contribution in [0.3, 0.4) is 0 Å². The highest BCUT2D eigenvalue weighted by molar-refractivity contribution is 5.44. The van der Waals surface area contributed by atoms with E-state index >= 15 is 0 Å². The molecule has 19 heavy (non-hydrogen) atoms. The smallest absolute Gasteiger partial charge is 0.128 e. The van der Waals surface area contributed by atoms with Crippen molar-refractivity contribution in [3.63, 3.8) is 0 Å². The zero-order chi connectivity index (χ0) is 13.5. The Balaban J connectivity index is 2.16. The van der Waals surface area contributed by atoms with Gasteiger partial charge in [-0.3, -0.25) is 0 Å². The average molecular weight is 255 g/mol. The van der Waals surface area contributed by atoms with Crippen LogP contribution in [-0.2, 0) is 5.54 Å². The van der Waals surface area contributed by atoms with E-state index in [9.17, 15) is 4.39 Å². The summed E-state index contributed by atoms with van der Waals surface area (Å²) >= 11 is 0. The topological polar surface area (TPSA) is 12.0 Å². The lowest BCUT2D eigenvalue weighted by molar-refractivity contribution is 0.350. The molecule has 0 saturated heterocycles. The molecule has 1 N–H and O–H groups in total. The summed E-state index contributed by atoms with van der Waals surface area (Å²) in [6.45, 7) is 4.92. The molecule has 98 valence electrons.